The standard InChI is InChI=1S/C14H6ClNO3S/c15-9-2-4-12-11(6-9)14(17)10-3-1-8(7-16)5-13(10)20(12,18)19/h1-6H. The van der Waals surface area contributed by atoms with Crippen LogP contribution in [-0.2, 0) is 9.84 Å². The molecule has 6 heteroatoms. The summed E-state index contributed by atoms with van der Waals surface area (Å²) in [5.74, 6) is -0.406. The zero-order chi connectivity index (χ0) is 14.5. The van der Waals surface area contributed by atoms with Gasteiger partial charge in [0.15, 0.2) is 5.78 Å². The van der Waals surface area contributed by atoms with Gasteiger partial charge < -0.3 is 0 Å². The maximum atomic E-state index is 12.5. The molecule has 0 bridgehead atoms. The van der Waals surface area contributed by atoms with E-state index >= 15 is 0 Å². The summed E-state index contributed by atoms with van der Waals surface area (Å²) in [7, 11) is -3.81. The van der Waals surface area contributed by atoms with Crippen LogP contribution in [0.25, 0.3) is 0 Å². The zero-order valence-corrected chi connectivity index (χ0v) is 11.5. The molecule has 2 aromatic rings. The van der Waals surface area contributed by atoms with Crippen LogP contribution in [0.1, 0.15) is 21.5 Å². The Morgan fingerprint density at radius 1 is 1.00 bits per heavy atom. The quantitative estimate of drug-likeness (QED) is 0.639. The molecule has 2 aromatic carbocycles. The Hall–Kier alpha value is -2.16. The van der Waals surface area contributed by atoms with Gasteiger partial charge in [-0.1, -0.05) is 11.6 Å². The van der Waals surface area contributed by atoms with Crippen LogP contribution in [0.5, 0.6) is 0 Å². The summed E-state index contributed by atoms with van der Waals surface area (Å²) in [6.07, 6.45) is 0. The van der Waals surface area contributed by atoms with Crippen LogP contribution >= 0.6 is 11.6 Å². The molecule has 0 atom stereocenters. The summed E-state index contributed by atoms with van der Waals surface area (Å²) in [6.45, 7) is 0. The van der Waals surface area contributed by atoms with Crippen LogP contribution in [-0.4, -0.2) is 14.2 Å². The average Bonchev–Trinajstić information content (AvgIpc) is 2.44. The molecule has 3 rings (SSSR count). The molecule has 1 heterocycles. The molecule has 4 nitrogen and oxygen atoms in total. The van der Waals surface area contributed by atoms with Gasteiger partial charge in [0, 0.05) is 16.1 Å². The van der Waals surface area contributed by atoms with Gasteiger partial charge in [0.2, 0.25) is 9.84 Å². The SMILES string of the molecule is N#Cc1ccc2c(c1)S(=O)(=O)c1ccc(Cl)cc1C2=O. The number of hydrogen-bond acceptors (Lipinski definition) is 4. The van der Waals surface area contributed by atoms with Crippen molar-refractivity contribution in [1.82, 2.24) is 0 Å². The van der Waals surface area contributed by atoms with Gasteiger partial charge in [-0.3, -0.25) is 4.79 Å². The van der Waals surface area contributed by atoms with E-state index in [0.717, 1.165) is 0 Å². The topological polar surface area (TPSA) is 75.0 Å². The first-order valence-corrected chi connectivity index (χ1v) is 7.45. The predicted molar refractivity (Wildman–Crippen MR) is 71.5 cm³/mol. The summed E-state index contributed by atoms with van der Waals surface area (Å²) in [6, 6.07) is 9.94. The van der Waals surface area contributed by atoms with E-state index in [-0.39, 0.29) is 26.5 Å². The fourth-order valence-electron chi connectivity index (χ4n) is 2.18. The molecule has 0 N–H and O–H groups in total. The van der Waals surface area contributed by atoms with Crippen molar-refractivity contribution in [3.8, 4) is 6.07 Å². The molecular weight excluding hydrogens is 298 g/mol. The Morgan fingerprint density at radius 2 is 1.75 bits per heavy atom. The van der Waals surface area contributed by atoms with E-state index < -0.39 is 15.6 Å². The van der Waals surface area contributed by atoms with Crippen LogP contribution in [0, 0.1) is 11.3 Å². The van der Waals surface area contributed by atoms with Gasteiger partial charge in [-0.05, 0) is 36.4 Å². The van der Waals surface area contributed by atoms with Gasteiger partial charge in [-0.2, -0.15) is 5.26 Å². The molecule has 0 amide bonds. The van der Waals surface area contributed by atoms with Crippen molar-refractivity contribution in [2.24, 2.45) is 0 Å². The number of halogens is 1. The molecule has 1 aliphatic rings. The van der Waals surface area contributed by atoms with Crippen molar-refractivity contribution in [1.29, 1.82) is 5.26 Å². The largest absolute Gasteiger partial charge is 0.289 e. The number of rotatable bonds is 0. The van der Waals surface area contributed by atoms with E-state index in [1.807, 2.05) is 6.07 Å². The highest BCUT2D eigenvalue weighted by molar-refractivity contribution is 7.91. The van der Waals surface area contributed by atoms with Crippen molar-refractivity contribution in [3.63, 3.8) is 0 Å². The molecule has 1 aliphatic heterocycles. The molecular formula is C14H6ClNO3S. The van der Waals surface area contributed by atoms with Crippen LogP contribution in [0.2, 0.25) is 5.02 Å². The third kappa shape index (κ3) is 1.66. The number of benzene rings is 2. The molecule has 0 saturated heterocycles. The first-order valence-electron chi connectivity index (χ1n) is 5.58. The fourth-order valence-corrected chi connectivity index (χ4v) is 4.01. The number of carbonyl (C=O) groups excluding carboxylic acids is 1. The maximum absolute atomic E-state index is 12.5. The second kappa shape index (κ2) is 4.17. The highest BCUT2D eigenvalue weighted by Crippen LogP contribution is 2.35. The van der Waals surface area contributed by atoms with Gasteiger partial charge in [0.25, 0.3) is 0 Å². The van der Waals surface area contributed by atoms with E-state index in [4.69, 9.17) is 16.9 Å². The summed E-state index contributed by atoms with van der Waals surface area (Å²) >= 11 is 5.82. The lowest BCUT2D eigenvalue weighted by molar-refractivity contribution is 0.103. The zero-order valence-electron chi connectivity index (χ0n) is 9.92. The second-order valence-corrected chi connectivity index (χ2v) is 6.62. The van der Waals surface area contributed by atoms with Gasteiger partial charge in [0.05, 0.1) is 21.4 Å². The van der Waals surface area contributed by atoms with E-state index in [1.165, 1.54) is 36.4 Å². The molecule has 0 unspecified atom stereocenters. The first-order chi connectivity index (χ1) is 9.45. The maximum Gasteiger partial charge on any atom is 0.208 e. The third-order valence-corrected chi connectivity index (χ3v) is 5.21. The first kappa shape index (κ1) is 12.9. The Morgan fingerprint density at radius 3 is 2.45 bits per heavy atom. The number of sulfone groups is 1. The number of carbonyl (C=O) groups is 1. The lowest BCUT2D eigenvalue weighted by atomic mass is 10.0. The summed E-state index contributed by atoms with van der Waals surface area (Å²) < 4.78 is 25.0. The summed E-state index contributed by atoms with van der Waals surface area (Å²) in [4.78, 5) is 12.1. The van der Waals surface area contributed by atoms with E-state index in [1.54, 1.807) is 0 Å². The van der Waals surface area contributed by atoms with Crippen LogP contribution < -0.4 is 0 Å². The van der Waals surface area contributed by atoms with Crippen molar-refractivity contribution >= 4 is 27.2 Å². The molecule has 20 heavy (non-hydrogen) atoms. The third-order valence-electron chi connectivity index (χ3n) is 3.12. The Bertz CT molecular complexity index is 911. The minimum absolute atomic E-state index is 0.0645. The highest BCUT2D eigenvalue weighted by atomic mass is 35.5. The van der Waals surface area contributed by atoms with Crippen molar-refractivity contribution in [2.45, 2.75) is 9.79 Å². The molecule has 0 aliphatic carbocycles. The minimum atomic E-state index is -3.81. The number of hydrogen-bond donors (Lipinski definition) is 0. The Balaban J connectivity index is 2.41. The number of ketones is 1. The normalized spacial score (nSPS) is 15.1. The number of fused-ring (bicyclic) bond motifs is 2. The smallest absolute Gasteiger partial charge is 0.208 e. The Labute approximate surface area is 120 Å². The van der Waals surface area contributed by atoms with Gasteiger partial charge in [-0.15, -0.1) is 0 Å². The lowest BCUT2D eigenvalue weighted by Crippen LogP contribution is -2.20. The molecule has 0 saturated carbocycles. The predicted octanol–water partition coefficient (Wildman–Crippen LogP) is 2.59. The minimum Gasteiger partial charge on any atom is -0.289 e. The van der Waals surface area contributed by atoms with E-state index in [2.05, 4.69) is 0 Å². The molecule has 0 aromatic heterocycles. The number of nitrogens with zero attached hydrogens (tertiary/aromatic N) is 1. The van der Waals surface area contributed by atoms with Crippen LogP contribution in [0.4, 0.5) is 0 Å². The molecule has 0 spiro atoms. The van der Waals surface area contributed by atoms with E-state index in [0.29, 0.717) is 5.02 Å². The van der Waals surface area contributed by atoms with Gasteiger partial charge in [-0.25, -0.2) is 8.42 Å². The van der Waals surface area contributed by atoms with Gasteiger partial charge >= 0.3 is 0 Å². The number of nitriles is 1. The van der Waals surface area contributed by atoms with Crippen molar-refractivity contribution in [3.05, 3.63) is 58.1 Å². The summed E-state index contributed by atoms with van der Waals surface area (Å²) in [5.41, 5.74) is 0.325. The Kier molecular flexibility index (Phi) is 2.68. The van der Waals surface area contributed by atoms with E-state index in [9.17, 15) is 13.2 Å². The second-order valence-electron chi connectivity index (χ2n) is 4.30. The lowest BCUT2D eigenvalue weighted by Gasteiger charge is -2.18. The summed E-state index contributed by atoms with van der Waals surface area (Å²) in [5, 5.41) is 9.16. The molecule has 98 valence electrons. The van der Waals surface area contributed by atoms with Crippen molar-refractivity contribution in [2.75, 3.05) is 0 Å². The highest BCUT2D eigenvalue weighted by Gasteiger charge is 2.34. The fraction of sp³-hybridized carbons (Fsp3) is 0. The monoisotopic (exact) mass is 303 g/mol. The average molecular weight is 304 g/mol. The molecule has 0 radical (unpaired) electrons. The van der Waals surface area contributed by atoms with Crippen molar-refractivity contribution < 1.29 is 13.2 Å². The molecule has 0 fully saturated rings. The van der Waals surface area contributed by atoms with Gasteiger partial charge in [0.1, 0.15) is 0 Å². The van der Waals surface area contributed by atoms with Crippen LogP contribution in [0.3, 0.4) is 0 Å². The van der Waals surface area contributed by atoms with Crippen LogP contribution in [0.15, 0.2) is 46.2 Å².